The summed E-state index contributed by atoms with van der Waals surface area (Å²) in [6.45, 7) is 3.24. The molecular weight excluding hydrogens is 216 g/mol. The standard InChI is InChI=1S/C9H16N2O3S/c1-6(15)3-8(14-7(2)12)5-11-9(13)4-10/h8H,3-5,10H2,1-2H3,(H,11,13). The van der Waals surface area contributed by atoms with Crippen molar-refractivity contribution >= 4 is 29.0 Å². The van der Waals surface area contributed by atoms with E-state index in [-0.39, 0.29) is 19.0 Å². The summed E-state index contributed by atoms with van der Waals surface area (Å²) in [4.78, 5) is 22.4. The first-order chi connectivity index (χ1) is 6.95. The SMILES string of the molecule is CC(=O)OC(CNC(=O)CN)CC(C)=S. The summed E-state index contributed by atoms with van der Waals surface area (Å²) < 4.78 is 4.97. The Kier molecular flexibility index (Phi) is 6.81. The van der Waals surface area contributed by atoms with Gasteiger partial charge in [-0.15, -0.1) is 0 Å². The second-order valence-electron chi connectivity index (χ2n) is 3.15. The number of amides is 1. The van der Waals surface area contributed by atoms with Crippen LogP contribution < -0.4 is 11.1 Å². The predicted octanol–water partition coefficient (Wildman–Crippen LogP) is -0.227. The third-order valence-corrected chi connectivity index (χ3v) is 1.73. The molecule has 0 aliphatic rings. The summed E-state index contributed by atoms with van der Waals surface area (Å²) in [5, 5.41) is 2.54. The van der Waals surface area contributed by atoms with E-state index in [4.69, 9.17) is 22.7 Å². The van der Waals surface area contributed by atoms with Crippen LogP contribution in [-0.4, -0.2) is 35.9 Å². The second kappa shape index (κ2) is 7.30. The van der Waals surface area contributed by atoms with Gasteiger partial charge in [-0.25, -0.2) is 0 Å². The molecule has 6 heteroatoms. The molecule has 0 aromatic carbocycles. The summed E-state index contributed by atoms with van der Waals surface area (Å²) >= 11 is 4.90. The Balaban J connectivity index is 4.06. The van der Waals surface area contributed by atoms with E-state index in [9.17, 15) is 9.59 Å². The van der Waals surface area contributed by atoms with Crippen LogP contribution in [0.5, 0.6) is 0 Å². The molecule has 1 atom stereocenters. The van der Waals surface area contributed by atoms with Gasteiger partial charge in [0.25, 0.3) is 0 Å². The fourth-order valence-electron chi connectivity index (χ4n) is 1.01. The van der Waals surface area contributed by atoms with Crippen molar-refractivity contribution in [1.29, 1.82) is 0 Å². The quantitative estimate of drug-likeness (QED) is 0.488. The van der Waals surface area contributed by atoms with Gasteiger partial charge in [-0.3, -0.25) is 9.59 Å². The molecule has 0 rings (SSSR count). The maximum absolute atomic E-state index is 10.9. The van der Waals surface area contributed by atoms with Crippen LogP contribution in [0.25, 0.3) is 0 Å². The Morgan fingerprint density at radius 3 is 2.47 bits per heavy atom. The number of thiocarbonyl (C=S) groups is 1. The molecule has 0 bridgehead atoms. The highest BCUT2D eigenvalue weighted by atomic mass is 32.1. The number of carbonyl (C=O) groups excluding carboxylic acids is 2. The molecule has 1 unspecified atom stereocenters. The Morgan fingerprint density at radius 2 is 2.07 bits per heavy atom. The van der Waals surface area contributed by atoms with Crippen LogP contribution in [-0.2, 0) is 14.3 Å². The second-order valence-corrected chi connectivity index (χ2v) is 3.84. The van der Waals surface area contributed by atoms with Gasteiger partial charge >= 0.3 is 5.97 Å². The summed E-state index contributed by atoms with van der Waals surface area (Å²) in [5.74, 6) is -0.674. The lowest BCUT2D eigenvalue weighted by Gasteiger charge is -2.16. The molecule has 15 heavy (non-hydrogen) atoms. The van der Waals surface area contributed by atoms with Crippen LogP contribution in [0.1, 0.15) is 20.3 Å². The zero-order valence-electron chi connectivity index (χ0n) is 8.91. The molecule has 3 N–H and O–H groups in total. The summed E-state index contributed by atoms with van der Waals surface area (Å²) in [5.41, 5.74) is 5.12. The third-order valence-electron chi connectivity index (χ3n) is 1.56. The molecule has 0 spiro atoms. The van der Waals surface area contributed by atoms with E-state index >= 15 is 0 Å². The zero-order valence-corrected chi connectivity index (χ0v) is 9.73. The molecule has 86 valence electrons. The molecular formula is C9H16N2O3S. The largest absolute Gasteiger partial charge is 0.460 e. The lowest BCUT2D eigenvalue weighted by Crippen LogP contribution is -2.38. The molecule has 0 saturated carbocycles. The van der Waals surface area contributed by atoms with Crippen LogP contribution >= 0.6 is 12.2 Å². The van der Waals surface area contributed by atoms with Gasteiger partial charge in [0, 0.05) is 13.3 Å². The minimum absolute atomic E-state index is 0.0800. The summed E-state index contributed by atoms with van der Waals surface area (Å²) in [6.07, 6.45) is 0.0512. The zero-order chi connectivity index (χ0) is 11.8. The third kappa shape index (κ3) is 8.02. The molecule has 0 aromatic heterocycles. The van der Waals surface area contributed by atoms with Crippen molar-refractivity contribution in [2.45, 2.75) is 26.4 Å². The number of nitrogens with two attached hydrogens (primary N) is 1. The monoisotopic (exact) mass is 232 g/mol. The maximum atomic E-state index is 10.9. The molecule has 0 saturated heterocycles. The number of ether oxygens (including phenoxy) is 1. The highest BCUT2D eigenvalue weighted by Crippen LogP contribution is 2.00. The number of carbonyl (C=O) groups is 2. The molecule has 0 heterocycles. The maximum Gasteiger partial charge on any atom is 0.302 e. The van der Waals surface area contributed by atoms with Crippen molar-refractivity contribution in [3.8, 4) is 0 Å². The van der Waals surface area contributed by atoms with Crippen LogP contribution in [0, 0.1) is 0 Å². The van der Waals surface area contributed by atoms with Crippen LogP contribution in [0.2, 0.25) is 0 Å². The first-order valence-electron chi connectivity index (χ1n) is 4.59. The number of hydrogen-bond donors (Lipinski definition) is 2. The summed E-state index contributed by atoms with van der Waals surface area (Å²) in [7, 11) is 0. The number of nitrogens with one attached hydrogen (secondary N) is 1. The predicted molar refractivity (Wildman–Crippen MR) is 60.5 cm³/mol. The molecule has 0 aliphatic carbocycles. The van der Waals surface area contributed by atoms with Crippen molar-refractivity contribution in [3.63, 3.8) is 0 Å². The van der Waals surface area contributed by atoms with E-state index in [2.05, 4.69) is 5.32 Å². The Hall–Kier alpha value is -1.01. The Morgan fingerprint density at radius 1 is 1.47 bits per heavy atom. The molecule has 0 radical (unpaired) electrons. The van der Waals surface area contributed by atoms with Gasteiger partial charge < -0.3 is 15.8 Å². The normalized spacial score (nSPS) is 11.7. The first kappa shape index (κ1) is 14.0. The van der Waals surface area contributed by atoms with Crippen molar-refractivity contribution in [2.24, 2.45) is 5.73 Å². The van der Waals surface area contributed by atoms with Crippen molar-refractivity contribution < 1.29 is 14.3 Å². The van der Waals surface area contributed by atoms with E-state index in [1.54, 1.807) is 6.92 Å². The van der Waals surface area contributed by atoms with Crippen LogP contribution in [0.4, 0.5) is 0 Å². The molecule has 0 fully saturated rings. The minimum atomic E-state index is -0.407. The Bertz CT molecular complexity index is 240. The lowest BCUT2D eigenvalue weighted by atomic mass is 10.2. The van der Waals surface area contributed by atoms with Crippen LogP contribution in [0.3, 0.4) is 0 Å². The van der Waals surface area contributed by atoms with Gasteiger partial charge in [0.15, 0.2) is 0 Å². The van der Waals surface area contributed by atoms with Gasteiger partial charge in [0.1, 0.15) is 6.10 Å². The van der Waals surface area contributed by atoms with Crippen molar-refractivity contribution in [3.05, 3.63) is 0 Å². The van der Waals surface area contributed by atoms with E-state index in [0.29, 0.717) is 6.42 Å². The van der Waals surface area contributed by atoms with Crippen molar-refractivity contribution in [1.82, 2.24) is 5.32 Å². The fourth-order valence-corrected chi connectivity index (χ4v) is 1.20. The van der Waals surface area contributed by atoms with Gasteiger partial charge in [-0.1, -0.05) is 12.2 Å². The van der Waals surface area contributed by atoms with Gasteiger partial charge in [0.05, 0.1) is 13.1 Å². The minimum Gasteiger partial charge on any atom is -0.460 e. The van der Waals surface area contributed by atoms with Gasteiger partial charge in [-0.2, -0.15) is 0 Å². The highest BCUT2D eigenvalue weighted by molar-refractivity contribution is 7.80. The van der Waals surface area contributed by atoms with Gasteiger partial charge in [0.2, 0.25) is 5.91 Å². The summed E-state index contributed by atoms with van der Waals surface area (Å²) in [6, 6.07) is 0. The lowest BCUT2D eigenvalue weighted by molar-refractivity contribution is -0.146. The number of rotatable bonds is 6. The van der Waals surface area contributed by atoms with Gasteiger partial charge in [-0.05, 0) is 11.8 Å². The van der Waals surface area contributed by atoms with E-state index in [1.807, 2.05) is 0 Å². The average Bonchev–Trinajstić information content (AvgIpc) is 2.11. The molecule has 1 amide bonds. The first-order valence-corrected chi connectivity index (χ1v) is 5.00. The smallest absolute Gasteiger partial charge is 0.302 e. The molecule has 0 aromatic rings. The van der Waals surface area contributed by atoms with E-state index < -0.39 is 12.1 Å². The van der Waals surface area contributed by atoms with Crippen LogP contribution in [0.15, 0.2) is 0 Å². The number of hydrogen-bond acceptors (Lipinski definition) is 5. The molecule has 5 nitrogen and oxygen atoms in total. The molecule has 0 aliphatic heterocycles. The topological polar surface area (TPSA) is 81.4 Å². The fraction of sp³-hybridized carbons (Fsp3) is 0.667. The average molecular weight is 232 g/mol. The van der Waals surface area contributed by atoms with E-state index in [1.165, 1.54) is 6.92 Å². The van der Waals surface area contributed by atoms with Crippen molar-refractivity contribution in [2.75, 3.05) is 13.1 Å². The Labute approximate surface area is 94.3 Å². The highest BCUT2D eigenvalue weighted by Gasteiger charge is 2.13. The van der Waals surface area contributed by atoms with E-state index in [0.717, 1.165) is 4.86 Å². The number of esters is 1.